The van der Waals surface area contributed by atoms with Crippen molar-refractivity contribution < 1.29 is 8.42 Å². The molecule has 1 atom stereocenters. The van der Waals surface area contributed by atoms with Crippen LogP contribution in [0.3, 0.4) is 0 Å². The predicted molar refractivity (Wildman–Crippen MR) is 74.9 cm³/mol. The summed E-state index contributed by atoms with van der Waals surface area (Å²) in [6.07, 6.45) is 0. The van der Waals surface area contributed by atoms with E-state index in [2.05, 4.69) is 10.0 Å². The van der Waals surface area contributed by atoms with Crippen LogP contribution in [0.4, 0.5) is 0 Å². The highest BCUT2D eigenvalue weighted by Crippen LogP contribution is 2.11. The molecule has 0 aliphatic heterocycles. The molecule has 0 spiro atoms. The van der Waals surface area contributed by atoms with E-state index < -0.39 is 10.0 Å². The molecule has 0 fully saturated rings. The van der Waals surface area contributed by atoms with Crippen LogP contribution in [-0.4, -0.2) is 28.6 Å². The fraction of sp³-hybridized carbons (Fsp3) is 0.462. The summed E-state index contributed by atoms with van der Waals surface area (Å²) in [5.41, 5.74) is 0.926. The zero-order chi connectivity index (χ0) is 14.3. The molecule has 0 saturated heterocycles. The Hall–Kier alpha value is -1.42. The van der Waals surface area contributed by atoms with Crippen molar-refractivity contribution in [2.75, 3.05) is 20.1 Å². The summed E-state index contributed by atoms with van der Waals surface area (Å²) < 4.78 is 26.4. The van der Waals surface area contributed by atoms with Gasteiger partial charge in [0.25, 0.3) is 0 Å². The zero-order valence-electron chi connectivity index (χ0n) is 11.2. The Bertz CT molecular complexity index is 549. The molecule has 0 aliphatic carbocycles. The molecule has 19 heavy (non-hydrogen) atoms. The number of hydrogen-bond acceptors (Lipinski definition) is 4. The lowest BCUT2D eigenvalue weighted by Gasteiger charge is -2.12. The Morgan fingerprint density at radius 1 is 1.32 bits per heavy atom. The molecule has 0 aliphatic rings. The topological polar surface area (TPSA) is 82.0 Å². The van der Waals surface area contributed by atoms with Gasteiger partial charge in [0.05, 0.1) is 17.4 Å². The Morgan fingerprint density at radius 3 is 2.63 bits per heavy atom. The molecule has 104 valence electrons. The maximum absolute atomic E-state index is 11.9. The molecule has 1 aromatic rings. The van der Waals surface area contributed by atoms with E-state index in [1.165, 1.54) is 0 Å². The molecular formula is C13H19N3O2S. The van der Waals surface area contributed by atoms with Gasteiger partial charge in [0, 0.05) is 6.54 Å². The zero-order valence-corrected chi connectivity index (χ0v) is 12.0. The van der Waals surface area contributed by atoms with Gasteiger partial charge >= 0.3 is 0 Å². The van der Waals surface area contributed by atoms with Crippen molar-refractivity contribution in [3.8, 4) is 6.07 Å². The van der Waals surface area contributed by atoms with Crippen molar-refractivity contribution in [1.29, 1.82) is 5.26 Å². The van der Waals surface area contributed by atoms with Gasteiger partial charge in [-0.25, -0.2) is 13.1 Å². The van der Waals surface area contributed by atoms with Crippen molar-refractivity contribution in [2.45, 2.75) is 12.7 Å². The van der Waals surface area contributed by atoms with Crippen LogP contribution in [0.25, 0.3) is 0 Å². The molecule has 6 heteroatoms. The fourth-order valence-electron chi connectivity index (χ4n) is 1.70. The Kier molecular flexibility index (Phi) is 5.96. The number of nitriles is 1. The molecule has 0 heterocycles. The van der Waals surface area contributed by atoms with Crippen LogP contribution in [0.2, 0.25) is 0 Å². The monoisotopic (exact) mass is 281 g/mol. The molecule has 0 bridgehead atoms. The summed E-state index contributed by atoms with van der Waals surface area (Å²) >= 11 is 0. The third-order valence-electron chi connectivity index (χ3n) is 2.69. The average molecular weight is 281 g/mol. The van der Waals surface area contributed by atoms with Crippen LogP contribution in [0, 0.1) is 17.2 Å². The predicted octanol–water partition coefficient (Wildman–Crippen LogP) is 0.833. The van der Waals surface area contributed by atoms with Crippen LogP contribution in [0.5, 0.6) is 0 Å². The number of nitrogens with one attached hydrogen (secondary N) is 2. The van der Waals surface area contributed by atoms with Gasteiger partial charge in [0.1, 0.15) is 0 Å². The van der Waals surface area contributed by atoms with Crippen LogP contribution >= 0.6 is 0 Å². The summed E-state index contributed by atoms with van der Waals surface area (Å²) in [7, 11) is -1.58. The van der Waals surface area contributed by atoms with Crippen molar-refractivity contribution in [3.05, 3.63) is 35.4 Å². The Labute approximate surface area is 114 Å². The third-order valence-corrected chi connectivity index (χ3v) is 3.99. The number of rotatable bonds is 7. The summed E-state index contributed by atoms with van der Waals surface area (Å²) in [4.78, 5) is 0. The second-order valence-corrected chi connectivity index (χ2v) is 6.35. The second kappa shape index (κ2) is 7.24. The molecule has 0 radical (unpaired) electrons. The lowest BCUT2D eigenvalue weighted by atomic mass is 10.1. The van der Waals surface area contributed by atoms with Crippen LogP contribution in [0.1, 0.15) is 18.1 Å². The standard InChI is InChI=1S/C13H19N3O2S/c1-11(8-15-2)9-16-19(17,18)10-13-6-4-3-5-12(13)7-14/h3-6,11,15-16H,8-10H2,1-2H3. The van der Waals surface area contributed by atoms with Gasteiger partial charge in [-0.2, -0.15) is 5.26 Å². The highest BCUT2D eigenvalue weighted by Gasteiger charge is 2.14. The van der Waals surface area contributed by atoms with E-state index in [9.17, 15) is 8.42 Å². The van der Waals surface area contributed by atoms with E-state index in [1.54, 1.807) is 24.3 Å². The summed E-state index contributed by atoms with van der Waals surface area (Å²) in [5.74, 6) is 0.0502. The van der Waals surface area contributed by atoms with E-state index in [0.29, 0.717) is 17.7 Å². The first kappa shape index (κ1) is 15.6. The van der Waals surface area contributed by atoms with Gasteiger partial charge in [-0.05, 0) is 31.1 Å². The Morgan fingerprint density at radius 2 is 2.00 bits per heavy atom. The minimum atomic E-state index is -3.41. The largest absolute Gasteiger partial charge is 0.319 e. The van der Waals surface area contributed by atoms with Gasteiger partial charge in [-0.15, -0.1) is 0 Å². The quantitative estimate of drug-likeness (QED) is 0.775. The van der Waals surface area contributed by atoms with Crippen LogP contribution < -0.4 is 10.0 Å². The minimum absolute atomic E-state index is 0.164. The average Bonchev–Trinajstić information content (AvgIpc) is 2.37. The second-order valence-electron chi connectivity index (χ2n) is 4.54. The first-order valence-corrected chi connectivity index (χ1v) is 7.73. The number of nitrogens with zero attached hydrogens (tertiary/aromatic N) is 1. The SMILES string of the molecule is CNCC(C)CNS(=O)(=O)Cc1ccccc1C#N. The van der Waals surface area contributed by atoms with E-state index >= 15 is 0 Å². The van der Waals surface area contributed by atoms with E-state index in [1.807, 2.05) is 20.0 Å². The van der Waals surface area contributed by atoms with E-state index in [4.69, 9.17) is 5.26 Å². The van der Waals surface area contributed by atoms with Crippen molar-refractivity contribution in [3.63, 3.8) is 0 Å². The molecule has 0 amide bonds. The molecule has 0 aromatic heterocycles. The first-order chi connectivity index (χ1) is 8.98. The third kappa shape index (κ3) is 5.39. The fourth-order valence-corrected chi connectivity index (χ4v) is 3.00. The summed E-state index contributed by atoms with van der Waals surface area (Å²) in [6, 6.07) is 8.73. The van der Waals surface area contributed by atoms with Crippen LogP contribution in [-0.2, 0) is 15.8 Å². The smallest absolute Gasteiger partial charge is 0.215 e. The number of benzene rings is 1. The van der Waals surface area contributed by atoms with E-state index in [-0.39, 0.29) is 11.7 Å². The number of sulfonamides is 1. The highest BCUT2D eigenvalue weighted by molar-refractivity contribution is 7.88. The maximum atomic E-state index is 11.9. The van der Waals surface area contributed by atoms with Crippen LogP contribution in [0.15, 0.2) is 24.3 Å². The lowest BCUT2D eigenvalue weighted by Crippen LogP contribution is -2.33. The molecule has 1 aromatic carbocycles. The van der Waals surface area contributed by atoms with Crippen molar-refractivity contribution >= 4 is 10.0 Å². The molecule has 1 rings (SSSR count). The van der Waals surface area contributed by atoms with Crippen molar-refractivity contribution in [2.24, 2.45) is 5.92 Å². The highest BCUT2D eigenvalue weighted by atomic mass is 32.2. The molecule has 5 nitrogen and oxygen atoms in total. The van der Waals surface area contributed by atoms with E-state index in [0.717, 1.165) is 6.54 Å². The minimum Gasteiger partial charge on any atom is -0.319 e. The summed E-state index contributed by atoms with van der Waals surface area (Å²) in [5, 5.41) is 11.9. The molecule has 2 N–H and O–H groups in total. The Balaban J connectivity index is 2.67. The van der Waals surface area contributed by atoms with Gasteiger partial charge < -0.3 is 5.32 Å². The summed E-state index contributed by atoms with van der Waals surface area (Å²) in [6.45, 7) is 3.09. The first-order valence-electron chi connectivity index (χ1n) is 6.08. The molecule has 1 unspecified atom stereocenters. The maximum Gasteiger partial charge on any atom is 0.215 e. The van der Waals surface area contributed by atoms with Crippen molar-refractivity contribution in [1.82, 2.24) is 10.0 Å². The van der Waals surface area contributed by atoms with Gasteiger partial charge in [0.2, 0.25) is 10.0 Å². The molecular weight excluding hydrogens is 262 g/mol. The van der Waals surface area contributed by atoms with Gasteiger partial charge in [-0.3, -0.25) is 0 Å². The molecule has 0 saturated carbocycles. The van der Waals surface area contributed by atoms with Gasteiger partial charge in [0.15, 0.2) is 0 Å². The normalized spacial score (nSPS) is 12.9. The number of hydrogen-bond donors (Lipinski definition) is 2. The van der Waals surface area contributed by atoms with Gasteiger partial charge in [-0.1, -0.05) is 25.1 Å². The lowest BCUT2D eigenvalue weighted by molar-refractivity contribution is 0.518.